The smallest absolute Gasteiger partial charge is 0.414 e. The first-order chi connectivity index (χ1) is 13.2. The van der Waals surface area contributed by atoms with Crippen LogP contribution in [0.15, 0.2) is 83.3 Å². The number of halogens is 1. The maximum Gasteiger partial charge on any atom is 0.414 e. The average Bonchev–Trinajstić information content (AvgIpc) is 2.72. The van der Waals surface area contributed by atoms with Gasteiger partial charge in [0.05, 0.1) is 12.2 Å². The number of benzene rings is 3. The van der Waals surface area contributed by atoms with Crippen molar-refractivity contribution < 1.29 is 14.3 Å². The van der Waals surface area contributed by atoms with Crippen LogP contribution in [0.4, 0.5) is 10.5 Å². The lowest BCUT2D eigenvalue weighted by molar-refractivity contribution is 0.135. The molecule has 27 heavy (non-hydrogen) atoms. The van der Waals surface area contributed by atoms with Crippen molar-refractivity contribution in [2.75, 3.05) is 11.4 Å². The van der Waals surface area contributed by atoms with Crippen molar-refractivity contribution in [3.8, 4) is 5.75 Å². The Morgan fingerprint density at radius 2 is 1.70 bits per heavy atom. The van der Waals surface area contributed by atoms with Crippen LogP contribution in [0.3, 0.4) is 0 Å². The molecule has 1 atom stereocenters. The molecule has 0 spiro atoms. The van der Waals surface area contributed by atoms with Gasteiger partial charge in [-0.2, -0.15) is 0 Å². The van der Waals surface area contributed by atoms with Crippen molar-refractivity contribution >= 4 is 27.7 Å². The maximum atomic E-state index is 12.8. The molecule has 1 aliphatic heterocycles. The summed E-state index contributed by atoms with van der Waals surface area (Å²) >= 11 is 3.45. The Labute approximate surface area is 166 Å². The van der Waals surface area contributed by atoms with E-state index in [1.807, 2.05) is 78.9 Å². The Morgan fingerprint density at radius 1 is 1.00 bits per heavy atom. The summed E-state index contributed by atoms with van der Waals surface area (Å²) in [6, 6.07) is 25.1. The maximum absolute atomic E-state index is 12.8. The van der Waals surface area contributed by atoms with Crippen LogP contribution in [0.2, 0.25) is 0 Å². The predicted molar refractivity (Wildman–Crippen MR) is 108 cm³/mol. The molecular formula is C22H18BrNO3. The van der Waals surface area contributed by atoms with Crippen LogP contribution in [-0.2, 0) is 11.3 Å². The van der Waals surface area contributed by atoms with E-state index in [2.05, 4.69) is 15.9 Å². The van der Waals surface area contributed by atoms with Gasteiger partial charge in [-0.1, -0.05) is 70.5 Å². The molecule has 0 N–H and O–H groups in total. The summed E-state index contributed by atoms with van der Waals surface area (Å²) in [5.41, 5.74) is 2.69. The molecule has 1 amide bonds. The number of rotatable bonds is 3. The van der Waals surface area contributed by atoms with Crippen molar-refractivity contribution in [1.82, 2.24) is 0 Å². The number of hydrogen-bond acceptors (Lipinski definition) is 3. The van der Waals surface area contributed by atoms with Gasteiger partial charge >= 0.3 is 6.09 Å². The third-order valence-corrected chi connectivity index (χ3v) is 4.97. The van der Waals surface area contributed by atoms with E-state index in [9.17, 15) is 4.79 Å². The zero-order chi connectivity index (χ0) is 18.6. The number of amides is 1. The SMILES string of the molecule is O=C(OCc1ccccc1)N1CC(c2ccc(Br)cc2)Oc2ccccc21. The highest BCUT2D eigenvalue weighted by atomic mass is 79.9. The molecule has 3 aromatic carbocycles. The molecule has 136 valence electrons. The summed E-state index contributed by atoms with van der Waals surface area (Å²) in [4.78, 5) is 14.5. The number of carbonyl (C=O) groups excluding carboxylic acids is 1. The summed E-state index contributed by atoms with van der Waals surface area (Å²) in [6.07, 6.45) is -0.631. The first-order valence-electron chi connectivity index (χ1n) is 8.70. The van der Waals surface area contributed by atoms with Crippen LogP contribution in [0.5, 0.6) is 5.75 Å². The summed E-state index contributed by atoms with van der Waals surface area (Å²) in [5.74, 6) is 0.674. The molecule has 0 aliphatic carbocycles. The third kappa shape index (κ3) is 3.98. The van der Waals surface area contributed by atoms with Crippen molar-refractivity contribution in [1.29, 1.82) is 0 Å². The normalized spacial score (nSPS) is 15.6. The third-order valence-electron chi connectivity index (χ3n) is 4.44. The Balaban J connectivity index is 1.56. The number of anilines is 1. The molecule has 0 fully saturated rings. The highest BCUT2D eigenvalue weighted by molar-refractivity contribution is 9.10. The second-order valence-electron chi connectivity index (χ2n) is 6.28. The largest absolute Gasteiger partial charge is 0.482 e. The number of fused-ring (bicyclic) bond motifs is 1. The number of ether oxygens (including phenoxy) is 2. The second kappa shape index (κ2) is 7.84. The molecule has 0 saturated heterocycles. The number of hydrogen-bond donors (Lipinski definition) is 0. The van der Waals surface area contributed by atoms with Crippen molar-refractivity contribution in [2.45, 2.75) is 12.7 Å². The lowest BCUT2D eigenvalue weighted by Crippen LogP contribution is -2.40. The first-order valence-corrected chi connectivity index (χ1v) is 9.49. The van der Waals surface area contributed by atoms with Gasteiger partial charge in [-0.25, -0.2) is 4.79 Å². The molecule has 5 heteroatoms. The van der Waals surface area contributed by atoms with E-state index >= 15 is 0 Å². The van der Waals surface area contributed by atoms with Gasteiger partial charge in [0.25, 0.3) is 0 Å². The van der Waals surface area contributed by atoms with Crippen LogP contribution in [-0.4, -0.2) is 12.6 Å². The minimum absolute atomic E-state index is 0.238. The van der Waals surface area contributed by atoms with Gasteiger partial charge in [0, 0.05) is 4.47 Å². The first kappa shape index (κ1) is 17.6. The molecule has 1 heterocycles. The minimum atomic E-state index is -0.378. The topological polar surface area (TPSA) is 38.8 Å². The van der Waals surface area contributed by atoms with Crippen LogP contribution in [0.25, 0.3) is 0 Å². The van der Waals surface area contributed by atoms with Gasteiger partial charge in [-0.15, -0.1) is 0 Å². The highest BCUT2D eigenvalue weighted by Crippen LogP contribution is 2.38. The Morgan fingerprint density at radius 3 is 2.48 bits per heavy atom. The molecule has 1 unspecified atom stereocenters. The number of carbonyl (C=O) groups is 1. The van der Waals surface area contributed by atoms with Crippen LogP contribution in [0, 0.1) is 0 Å². The Bertz CT molecular complexity index is 928. The van der Waals surface area contributed by atoms with Crippen molar-refractivity contribution in [3.63, 3.8) is 0 Å². The van der Waals surface area contributed by atoms with Crippen molar-refractivity contribution in [3.05, 3.63) is 94.5 Å². The van der Waals surface area contributed by atoms with Gasteiger partial charge in [-0.3, -0.25) is 4.90 Å². The monoisotopic (exact) mass is 423 g/mol. The van der Waals surface area contributed by atoms with E-state index in [0.717, 1.165) is 21.3 Å². The molecule has 0 aromatic heterocycles. The summed E-state index contributed by atoms with van der Waals surface area (Å²) in [7, 11) is 0. The Hall–Kier alpha value is -2.79. The lowest BCUT2D eigenvalue weighted by Gasteiger charge is -2.34. The van der Waals surface area contributed by atoms with Crippen LogP contribution >= 0.6 is 15.9 Å². The van der Waals surface area contributed by atoms with Gasteiger partial charge in [0.2, 0.25) is 0 Å². The molecule has 3 aromatic rings. The van der Waals surface area contributed by atoms with E-state index in [4.69, 9.17) is 9.47 Å². The van der Waals surface area contributed by atoms with Crippen molar-refractivity contribution in [2.24, 2.45) is 0 Å². The molecule has 0 radical (unpaired) electrons. The summed E-state index contributed by atoms with van der Waals surface area (Å²) in [5, 5.41) is 0. The van der Waals surface area contributed by atoms with E-state index < -0.39 is 0 Å². The van der Waals surface area contributed by atoms with Crippen LogP contribution < -0.4 is 9.64 Å². The average molecular weight is 424 g/mol. The van der Waals surface area contributed by atoms with Gasteiger partial charge in [0.1, 0.15) is 18.5 Å². The predicted octanol–water partition coefficient (Wildman–Crippen LogP) is 5.73. The van der Waals surface area contributed by atoms with Crippen LogP contribution in [0.1, 0.15) is 17.2 Å². The fourth-order valence-electron chi connectivity index (χ4n) is 3.06. The lowest BCUT2D eigenvalue weighted by atomic mass is 10.1. The number of nitrogens with zero attached hydrogens (tertiary/aromatic N) is 1. The molecular weight excluding hydrogens is 406 g/mol. The molecule has 0 bridgehead atoms. The van der Waals surface area contributed by atoms with Gasteiger partial charge < -0.3 is 9.47 Å². The Kier molecular flexibility index (Phi) is 5.12. The molecule has 4 nitrogen and oxygen atoms in total. The standard InChI is InChI=1S/C22H18BrNO3/c23-18-12-10-17(11-13-18)21-14-24(19-8-4-5-9-20(19)27-21)22(25)26-15-16-6-2-1-3-7-16/h1-13,21H,14-15H2. The quantitative estimate of drug-likeness (QED) is 0.540. The molecule has 0 saturated carbocycles. The van der Waals surface area contributed by atoms with E-state index in [0.29, 0.717) is 12.3 Å². The zero-order valence-electron chi connectivity index (χ0n) is 14.5. The molecule has 4 rings (SSSR count). The second-order valence-corrected chi connectivity index (χ2v) is 7.19. The fraction of sp³-hybridized carbons (Fsp3) is 0.136. The summed E-state index contributed by atoms with van der Waals surface area (Å²) < 4.78 is 12.7. The zero-order valence-corrected chi connectivity index (χ0v) is 16.1. The fourth-order valence-corrected chi connectivity index (χ4v) is 3.32. The highest BCUT2D eigenvalue weighted by Gasteiger charge is 2.31. The minimum Gasteiger partial charge on any atom is -0.482 e. The van der Waals surface area contributed by atoms with E-state index in [1.165, 1.54) is 0 Å². The molecule has 1 aliphatic rings. The van der Waals surface area contributed by atoms with Gasteiger partial charge in [-0.05, 0) is 35.4 Å². The van der Waals surface area contributed by atoms with Gasteiger partial charge in [0.15, 0.2) is 0 Å². The van der Waals surface area contributed by atoms with E-state index in [1.54, 1.807) is 4.90 Å². The van der Waals surface area contributed by atoms with E-state index in [-0.39, 0.29) is 18.8 Å². The summed E-state index contributed by atoms with van der Waals surface area (Å²) in [6.45, 7) is 0.633. The number of para-hydroxylation sites is 2.